The van der Waals surface area contributed by atoms with Crippen LogP contribution in [0.4, 0.5) is 0 Å². The Morgan fingerprint density at radius 1 is 0.935 bits per heavy atom. The van der Waals surface area contributed by atoms with Crippen LogP contribution in [0.15, 0.2) is 54.6 Å². The third-order valence-corrected chi connectivity index (χ3v) is 5.88. The minimum Gasteiger partial charge on any atom is -0.341 e. The Morgan fingerprint density at radius 2 is 1.61 bits per heavy atom. The van der Waals surface area contributed by atoms with Crippen molar-refractivity contribution >= 4 is 11.8 Å². The van der Waals surface area contributed by atoms with Crippen LogP contribution in [0.5, 0.6) is 0 Å². The van der Waals surface area contributed by atoms with Gasteiger partial charge in [0.05, 0.1) is 0 Å². The molecule has 5 heteroatoms. The molecule has 1 saturated heterocycles. The molecule has 2 aromatic carbocycles. The van der Waals surface area contributed by atoms with E-state index in [9.17, 15) is 9.59 Å². The number of rotatable bonds is 5. The zero-order valence-electron chi connectivity index (χ0n) is 19.2. The normalized spacial score (nSPS) is 16.5. The van der Waals surface area contributed by atoms with Crippen LogP contribution in [0.3, 0.4) is 0 Å². The van der Waals surface area contributed by atoms with E-state index in [1.165, 1.54) is 11.1 Å². The number of hydrogen-bond acceptors (Lipinski definition) is 3. The fourth-order valence-corrected chi connectivity index (χ4v) is 3.93. The van der Waals surface area contributed by atoms with E-state index in [-0.39, 0.29) is 17.2 Å². The monoisotopic (exact) mass is 421 g/mol. The molecule has 0 radical (unpaired) electrons. The van der Waals surface area contributed by atoms with E-state index in [1.807, 2.05) is 35.2 Å². The summed E-state index contributed by atoms with van der Waals surface area (Å²) in [6.45, 7) is 12.3. The highest BCUT2D eigenvalue weighted by atomic mass is 16.2. The molecule has 1 unspecified atom stereocenters. The number of nitrogens with zero attached hydrogens (tertiary/aromatic N) is 2. The quantitative estimate of drug-likeness (QED) is 0.798. The van der Waals surface area contributed by atoms with Crippen molar-refractivity contribution in [2.75, 3.05) is 26.2 Å². The summed E-state index contributed by atoms with van der Waals surface area (Å²) >= 11 is 0. The van der Waals surface area contributed by atoms with Gasteiger partial charge in [0, 0.05) is 38.3 Å². The lowest BCUT2D eigenvalue weighted by atomic mass is 9.86. The van der Waals surface area contributed by atoms with Crippen molar-refractivity contribution in [1.29, 1.82) is 0 Å². The van der Waals surface area contributed by atoms with E-state index in [0.29, 0.717) is 12.1 Å². The first-order chi connectivity index (χ1) is 14.7. The Labute approximate surface area is 186 Å². The fourth-order valence-electron chi connectivity index (χ4n) is 3.93. The second-order valence-electron chi connectivity index (χ2n) is 9.46. The average Bonchev–Trinajstić information content (AvgIpc) is 2.99. The van der Waals surface area contributed by atoms with Crippen molar-refractivity contribution < 1.29 is 9.59 Å². The molecule has 3 rings (SSSR count). The molecule has 1 heterocycles. The first kappa shape index (κ1) is 23.0. The van der Waals surface area contributed by atoms with Gasteiger partial charge < -0.3 is 10.2 Å². The van der Waals surface area contributed by atoms with E-state index in [0.717, 1.165) is 32.6 Å². The van der Waals surface area contributed by atoms with Gasteiger partial charge in [-0.2, -0.15) is 0 Å². The predicted octanol–water partition coefficient (Wildman–Crippen LogP) is 3.84. The largest absolute Gasteiger partial charge is 0.341 e. The number of carbonyl (C=O) groups excluding carboxylic acids is 2. The van der Waals surface area contributed by atoms with E-state index in [1.54, 1.807) is 6.92 Å². The van der Waals surface area contributed by atoms with Crippen LogP contribution in [0.2, 0.25) is 0 Å². The van der Waals surface area contributed by atoms with Crippen LogP contribution in [-0.4, -0.2) is 53.8 Å². The van der Waals surface area contributed by atoms with Crippen molar-refractivity contribution in [2.45, 2.75) is 52.1 Å². The van der Waals surface area contributed by atoms with Crippen LogP contribution in [0, 0.1) is 0 Å². The number of nitrogens with one attached hydrogen (secondary N) is 1. The van der Waals surface area contributed by atoms with Gasteiger partial charge in [-0.1, -0.05) is 63.2 Å². The molecular weight excluding hydrogens is 386 g/mol. The van der Waals surface area contributed by atoms with Gasteiger partial charge in [0.15, 0.2) is 0 Å². The third kappa shape index (κ3) is 6.41. The van der Waals surface area contributed by atoms with Crippen LogP contribution >= 0.6 is 0 Å². The maximum absolute atomic E-state index is 13.0. The van der Waals surface area contributed by atoms with Crippen molar-refractivity contribution in [3.63, 3.8) is 0 Å². The number of amides is 2. The van der Waals surface area contributed by atoms with Gasteiger partial charge in [-0.25, -0.2) is 0 Å². The van der Waals surface area contributed by atoms with E-state index >= 15 is 0 Å². The zero-order chi connectivity index (χ0) is 22.4. The summed E-state index contributed by atoms with van der Waals surface area (Å²) in [6.07, 6.45) is 0.938. The van der Waals surface area contributed by atoms with Gasteiger partial charge in [-0.3, -0.25) is 14.5 Å². The maximum atomic E-state index is 13.0. The Morgan fingerprint density at radius 3 is 2.26 bits per heavy atom. The van der Waals surface area contributed by atoms with Gasteiger partial charge >= 0.3 is 0 Å². The van der Waals surface area contributed by atoms with Crippen LogP contribution in [0.1, 0.15) is 55.6 Å². The van der Waals surface area contributed by atoms with Gasteiger partial charge in [0.1, 0.15) is 6.04 Å². The van der Waals surface area contributed by atoms with Crippen molar-refractivity contribution in [3.8, 4) is 0 Å². The molecule has 1 fully saturated rings. The maximum Gasteiger partial charge on any atom is 0.251 e. The first-order valence-corrected chi connectivity index (χ1v) is 11.2. The number of carbonyl (C=O) groups is 2. The highest BCUT2D eigenvalue weighted by Crippen LogP contribution is 2.22. The lowest BCUT2D eigenvalue weighted by molar-refractivity contribution is -0.132. The summed E-state index contributed by atoms with van der Waals surface area (Å²) in [6, 6.07) is 17.5. The first-order valence-electron chi connectivity index (χ1n) is 11.2. The van der Waals surface area contributed by atoms with E-state index in [2.05, 4.69) is 55.3 Å². The summed E-state index contributed by atoms with van der Waals surface area (Å²) in [4.78, 5) is 29.9. The topological polar surface area (TPSA) is 52.7 Å². The van der Waals surface area contributed by atoms with E-state index < -0.39 is 6.04 Å². The highest BCUT2D eigenvalue weighted by molar-refractivity contribution is 5.97. The minimum absolute atomic E-state index is 0.0128. The molecule has 31 heavy (non-hydrogen) atoms. The summed E-state index contributed by atoms with van der Waals surface area (Å²) < 4.78 is 0. The highest BCUT2D eigenvalue weighted by Gasteiger charge is 2.25. The molecule has 1 aliphatic heterocycles. The van der Waals surface area contributed by atoms with Crippen molar-refractivity contribution in [3.05, 3.63) is 71.3 Å². The molecule has 0 aromatic heterocycles. The zero-order valence-corrected chi connectivity index (χ0v) is 19.2. The van der Waals surface area contributed by atoms with Gasteiger partial charge in [0.25, 0.3) is 5.91 Å². The second kappa shape index (κ2) is 10.1. The summed E-state index contributed by atoms with van der Waals surface area (Å²) in [5, 5.41) is 2.88. The summed E-state index contributed by atoms with van der Waals surface area (Å²) in [7, 11) is 0. The minimum atomic E-state index is -0.546. The molecule has 0 aliphatic carbocycles. The van der Waals surface area contributed by atoms with Crippen LogP contribution < -0.4 is 5.32 Å². The van der Waals surface area contributed by atoms with Gasteiger partial charge in [0.2, 0.25) is 5.91 Å². The van der Waals surface area contributed by atoms with Crippen LogP contribution in [-0.2, 0) is 16.8 Å². The molecule has 0 spiro atoms. The van der Waals surface area contributed by atoms with Gasteiger partial charge in [-0.15, -0.1) is 0 Å². The van der Waals surface area contributed by atoms with Crippen molar-refractivity contribution in [1.82, 2.24) is 15.1 Å². The Hall–Kier alpha value is -2.66. The van der Waals surface area contributed by atoms with Crippen LogP contribution in [0.25, 0.3) is 0 Å². The molecule has 1 aliphatic rings. The van der Waals surface area contributed by atoms with Crippen molar-refractivity contribution in [2.24, 2.45) is 0 Å². The average molecular weight is 422 g/mol. The molecular formula is C26H35N3O2. The SMILES string of the molecule is CC(NC(=O)c1ccc(C(C)(C)C)cc1)C(=O)N1CCCN(Cc2ccccc2)CC1. The molecule has 2 amide bonds. The number of hydrogen-bond donors (Lipinski definition) is 1. The van der Waals surface area contributed by atoms with E-state index in [4.69, 9.17) is 0 Å². The lowest BCUT2D eigenvalue weighted by Gasteiger charge is -2.25. The Bertz CT molecular complexity index is 872. The lowest BCUT2D eigenvalue weighted by Crippen LogP contribution is -2.48. The fraction of sp³-hybridized carbons (Fsp3) is 0.462. The molecule has 1 atom stereocenters. The predicted molar refractivity (Wildman–Crippen MR) is 125 cm³/mol. The summed E-state index contributed by atoms with van der Waals surface area (Å²) in [5.74, 6) is -0.219. The standard InChI is InChI=1S/C26H35N3O2/c1-20(27-24(30)22-11-13-23(14-12-22)26(2,3)4)25(31)29-16-8-15-28(17-18-29)19-21-9-6-5-7-10-21/h5-7,9-14,20H,8,15-19H2,1-4H3,(H,27,30). The molecule has 0 bridgehead atoms. The molecule has 1 N–H and O–H groups in total. The third-order valence-electron chi connectivity index (χ3n) is 5.88. The Kier molecular flexibility index (Phi) is 7.50. The smallest absolute Gasteiger partial charge is 0.251 e. The molecule has 166 valence electrons. The Balaban J connectivity index is 1.53. The second-order valence-corrected chi connectivity index (χ2v) is 9.46. The number of benzene rings is 2. The summed E-state index contributed by atoms with van der Waals surface area (Å²) in [5.41, 5.74) is 3.09. The molecule has 0 saturated carbocycles. The molecule has 5 nitrogen and oxygen atoms in total. The molecule has 2 aromatic rings. The van der Waals surface area contributed by atoms with Gasteiger partial charge in [-0.05, 0) is 42.0 Å².